The minimum absolute atomic E-state index is 0.127. The molecule has 155 valence electrons. The number of aryl methyl sites for hydroxylation is 2. The Morgan fingerprint density at radius 3 is 2.31 bits per heavy atom. The van der Waals surface area contributed by atoms with Crippen LogP contribution in [0.5, 0.6) is 0 Å². The van der Waals surface area contributed by atoms with Crippen LogP contribution >= 0.6 is 12.9 Å². The number of anilines is 1. The van der Waals surface area contributed by atoms with Crippen LogP contribution in [-0.2, 0) is 12.6 Å². The van der Waals surface area contributed by atoms with Crippen LogP contribution in [0, 0.1) is 13.0 Å². The summed E-state index contributed by atoms with van der Waals surface area (Å²) in [7, 11) is 3.29. The maximum atomic E-state index is 13.2. The molecule has 0 saturated carbocycles. The molecule has 29 heavy (non-hydrogen) atoms. The van der Waals surface area contributed by atoms with Gasteiger partial charge in [-0.3, -0.25) is 0 Å². The number of nitrogens with zero attached hydrogens (tertiary/aromatic N) is 4. The third-order valence-corrected chi connectivity index (χ3v) is 4.30. The molecule has 0 spiro atoms. The lowest BCUT2D eigenvalue weighted by molar-refractivity contribution is -0.144. The van der Waals surface area contributed by atoms with E-state index in [1.165, 1.54) is 9.58 Å². The van der Waals surface area contributed by atoms with E-state index in [-0.39, 0.29) is 5.95 Å². The summed E-state index contributed by atoms with van der Waals surface area (Å²) in [6.45, 7) is 3.92. The quantitative estimate of drug-likeness (QED) is 0.454. The summed E-state index contributed by atoms with van der Waals surface area (Å²) in [5.74, 6) is -1.02. The molecule has 0 saturated heterocycles. The largest absolute Gasteiger partial charge is 0.453 e. The topological polar surface area (TPSA) is 54.2 Å². The molecule has 0 aliphatic rings. The number of aromatic nitrogens is 3. The molecule has 3 rings (SSSR count). The molecule has 1 aromatic heterocycles. The molecule has 5 nitrogen and oxygen atoms in total. The zero-order chi connectivity index (χ0) is 21.8. The average Bonchev–Trinajstić information content (AvgIpc) is 3.16. The van der Waals surface area contributed by atoms with Gasteiger partial charge in [0.25, 0.3) is 5.82 Å². The number of halogens is 3. The van der Waals surface area contributed by atoms with E-state index in [4.69, 9.17) is 4.55 Å². The van der Waals surface area contributed by atoms with Crippen LogP contribution in [-0.4, -0.2) is 33.4 Å². The predicted molar refractivity (Wildman–Crippen MR) is 111 cm³/mol. The average molecular weight is 423 g/mol. The van der Waals surface area contributed by atoms with Gasteiger partial charge in [-0.2, -0.15) is 22.8 Å². The van der Waals surface area contributed by atoms with Crippen LogP contribution in [0.15, 0.2) is 36.4 Å². The van der Waals surface area contributed by atoms with Crippen molar-refractivity contribution in [3.63, 3.8) is 0 Å². The van der Waals surface area contributed by atoms with Crippen LogP contribution in [0.25, 0.3) is 16.8 Å². The Hall–Kier alpha value is -2.52. The fourth-order valence-electron chi connectivity index (χ4n) is 2.99. The summed E-state index contributed by atoms with van der Waals surface area (Å²) < 4.78 is 47.4. The lowest BCUT2D eigenvalue weighted by Crippen LogP contribution is -2.16. The number of hydrogen-bond acceptors (Lipinski definition) is 5. The van der Waals surface area contributed by atoms with Gasteiger partial charge in [0.1, 0.15) is 0 Å². The Kier molecular flexibility index (Phi) is 7.32. The molecule has 0 amide bonds. The Bertz CT molecular complexity index is 956. The van der Waals surface area contributed by atoms with Gasteiger partial charge in [0.2, 0.25) is 5.95 Å². The van der Waals surface area contributed by atoms with E-state index in [9.17, 15) is 13.2 Å². The summed E-state index contributed by atoms with van der Waals surface area (Å²) in [6.07, 6.45) is -3.80. The molecule has 0 fully saturated rings. The first-order valence-electron chi connectivity index (χ1n) is 8.74. The highest BCUT2D eigenvalue weighted by atomic mass is 32.1. The van der Waals surface area contributed by atoms with Crippen molar-refractivity contribution >= 4 is 18.9 Å². The van der Waals surface area contributed by atoms with Crippen molar-refractivity contribution in [2.24, 2.45) is 0 Å². The lowest BCUT2D eigenvalue weighted by Gasteiger charge is -2.17. The Labute approximate surface area is 173 Å². The second-order valence-electron chi connectivity index (χ2n) is 6.48. The summed E-state index contributed by atoms with van der Waals surface area (Å²) >= 11 is 2.53. The maximum absolute atomic E-state index is 13.2. The molecular weight excluding hydrogens is 401 g/mol. The highest BCUT2D eigenvalue weighted by Crippen LogP contribution is 2.33. The zero-order valence-electron chi connectivity index (χ0n) is 16.5. The van der Waals surface area contributed by atoms with Crippen LogP contribution in [0.3, 0.4) is 0 Å². The molecule has 3 aromatic rings. The van der Waals surface area contributed by atoms with E-state index >= 15 is 0 Å². The maximum Gasteiger partial charge on any atom is 0.453 e. The fraction of sp³-hybridized carbons (Fsp3) is 0.300. The highest BCUT2D eigenvalue weighted by molar-refractivity contribution is 7.74. The van der Waals surface area contributed by atoms with Crippen LogP contribution in [0.1, 0.15) is 23.9 Å². The van der Waals surface area contributed by atoms with Crippen molar-refractivity contribution < 1.29 is 17.7 Å². The molecule has 1 radical (unpaired) electrons. The van der Waals surface area contributed by atoms with Gasteiger partial charge in [-0.1, -0.05) is 37.3 Å². The van der Waals surface area contributed by atoms with E-state index < -0.39 is 12.0 Å². The first-order valence-corrected chi connectivity index (χ1v) is 9.14. The van der Waals surface area contributed by atoms with Gasteiger partial charge in [0.05, 0.1) is 5.69 Å². The molecule has 0 atom stereocenters. The monoisotopic (exact) mass is 423 g/mol. The van der Waals surface area contributed by atoms with E-state index in [0.717, 1.165) is 28.7 Å². The van der Waals surface area contributed by atoms with Gasteiger partial charge in [-0.25, -0.2) is 0 Å². The summed E-state index contributed by atoms with van der Waals surface area (Å²) in [4.78, 5) is 5.21. The molecule has 0 unspecified atom stereocenters. The summed E-state index contributed by atoms with van der Waals surface area (Å²) in [6, 6.07) is 14.4. The normalized spacial score (nSPS) is 11.1. The molecule has 0 aliphatic carbocycles. The minimum atomic E-state index is -4.61. The molecule has 1 N–H and O–H groups in total. The Morgan fingerprint density at radius 2 is 1.79 bits per heavy atom. The van der Waals surface area contributed by atoms with E-state index in [1.807, 2.05) is 43.3 Å². The van der Waals surface area contributed by atoms with Gasteiger partial charge in [0, 0.05) is 14.1 Å². The lowest BCUT2D eigenvalue weighted by atomic mass is 9.95. The summed E-state index contributed by atoms with van der Waals surface area (Å²) in [5.41, 5.74) is 4.46. The Balaban J connectivity index is 0.00000145. The Morgan fingerprint density at radius 1 is 1.17 bits per heavy atom. The van der Waals surface area contributed by atoms with Crippen molar-refractivity contribution in [3.8, 4) is 16.8 Å². The third kappa shape index (κ3) is 4.91. The molecule has 0 bridgehead atoms. The van der Waals surface area contributed by atoms with Crippen molar-refractivity contribution in [2.45, 2.75) is 26.4 Å². The second-order valence-corrected chi connectivity index (χ2v) is 6.48. The molecular formula is C20H22F3N4OS. The smallest absolute Gasteiger partial charge is 0.347 e. The molecule has 9 heteroatoms. The third-order valence-electron chi connectivity index (χ3n) is 4.30. The van der Waals surface area contributed by atoms with Gasteiger partial charge in [0.15, 0.2) is 0 Å². The van der Waals surface area contributed by atoms with Crippen molar-refractivity contribution in [3.05, 3.63) is 59.4 Å². The van der Waals surface area contributed by atoms with Gasteiger partial charge >= 0.3 is 6.18 Å². The van der Waals surface area contributed by atoms with Crippen LogP contribution in [0.2, 0.25) is 0 Å². The number of rotatable bonds is 4. The van der Waals surface area contributed by atoms with Crippen LogP contribution < -0.4 is 4.90 Å². The fourth-order valence-corrected chi connectivity index (χ4v) is 2.99. The second kappa shape index (κ2) is 9.32. The van der Waals surface area contributed by atoms with Crippen molar-refractivity contribution in [1.82, 2.24) is 14.8 Å². The van der Waals surface area contributed by atoms with E-state index in [2.05, 4.69) is 36.0 Å². The summed E-state index contributed by atoms with van der Waals surface area (Å²) in [5, 5.41) is 3.76. The number of hydrogen-bond donors (Lipinski definition) is 2. The van der Waals surface area contributed by atoms with Gasteiger partial charge < -0.3 is 9.45 Å². The molecule has 1 heterocycles. The number of thiol groups is 1. The first kappa shape index (κ1) is 22.8. The highest BCUT2D eigenvalue weighted by Gasteiger charge is 2.37. The molecule has 0 aliphatic heterocycles. The number of alkyl halides is 3. The van der Waals surface area contributed by atoms with Gasteiger partial charge in [-0.15, -0.1) is 5.10 Å². The predicted octanol–water partition coefficient (Wildman–Crippen LogP) is 5.08. The van der Waals surface area contributed by atoms with Crippen LogP contribution in [0.4, 0.5) is 19.1 Å². The van der Waals surface area contributed by atoms with Crippen molar-refractivity contribution in [2.75, 3.05) is 19.0 Å². The first-order chi connectivity index (χ1) is 13.7. The zero-order valence-corrected chi connectivity index (χ0v) is 17.4. The minimum Gasteiger partial charge on any atom is -0.347 e. The van der Waals surface area contributed by atoms with Crippen molar-refractivity contribution in [1.29, 1.82) is 0 Å². The van der Waals surface area contributed by atoms with Gasteiger partial charge in [-0.05, 0) is 60.6 Å². The number of benzene rings is 2. The van der Waals surface area contributed by atoms with E-state index in [1.54, 1.807) is 14.1 Å². The van der Waals surface area contributed by atoms with E-state index in [0.29, 0.717) is 5.69 Å². The molecule has 2 aromatic carbocycles. The standard InChI is InChI=1S/C20H20F3N4.H2OS/c1-5-14-11-13(2)17(12-16(14)15-9-7-6-8-10-15)27-19(26(3)4)24-18(25-27)20(21,22)23;1-2/h7-12H,5H2,1-4H3;1-2H. The SMILES string of the molecule is CCc1cc(C)c(-n2nc(C(F)(F)F)nc2N(C)C)cc1-c1cc[c]cc1.OS.